The largest absolute Gasteiger partial charge is 0.496 e. The number of ether oxygens (including phenoxy) is 1. The van der Waals surface area contributed by atoms with E-state index in [4.69, 9.17) is 27.9 Å². The van der Waals surface area contributed by atoms with Crippen LogP contribution in [-0.4, -0.2) is 13.0 Å². The highest BCUT2D eigenvalue weighted by Gasteiger charge is 2.11. The fourth-order valence-corrected chi connectivity index (χ4v) is 2.38. The van der Waals surface area contributed by atoms with Gasteiger partial charge in [-0.3, -0.25) is 4.79 Å². The predicted molar refractivity (Wildman–Crippen MR) is 96.4 cm³/mol. The van der Waals surface area contributed by atoms with Crippen molar-refractivity contribution >= 4 is 40.9 Å². The first kappa shape index (κ1) is 17.9. The summed E-state index contributed by atoms with van der Waals surface area (Å²) in [4.78, 5) is 12.2. The van der Waals surface area contributed by atoms with Crippen LogP contribution in [0, 0.1) is 18.3 Å². The molecule has 0 atom stereocenters. The third kappa shape index (κ3) is 4.29. The molecule has 24 heavy (non-hydrogen) atoms. The van der Waals surface area contributed by atoms with Crippen LogP contribution in [0.4, 0.5) is 5.69 Å². The van der Waals surface area contributed by atoms with Crippen molar-refractivity contribution in [2.24, 2.45) is 0 Å². The maximum absolute atomic E-state index is 12.2. The van der Waals surface area contributed by atoms with E-state index in [1.165, 1.54) is 12.1 Å². The minimum Gasteiger partial charge on any atom is -0.496 e. The van der Waals surface area contributed by atoms with Crippen LogP contribution < -0.4 is 10.1 Å². The number of methoxy groups -OCH3 is 1. The first-order chi connectivity index (χ1) is 11.4. The van der Waals surface area contributed by atoms with Crippen molar-refractivity contribution in [2.75, 3.05) is 12.4 Å². The summed E-state index contributed by atoms with van der Waals surface area (Å²) in [5, 5.41) is 12.6. The van der Waals surface area contributed by atoms with E-state index in [-0.39, 0.29) is 5.57 Å². The number of nitriles is 1. The van der Waals surface area contributed by atoms with E-state index < -0.39 is 5.91 Å². The topological polar surface area (TPSA) is 62.1 Å². The number of aryl methyl sites for hydroxylation is 1. The van der Waals surface area contributed by atoms with Gasteiger partial charge in [-0.05, 0) is 54.5 Å². The average molecular weight is 361 g/mol. The molecular weight excluding hydrogens is 347 g/mol. The summed E-state index contributed by atoms with van der Waals surface area (Å²) in [6, 6.07) is 12.0. The minimum atomic E-state index is -0.524. The van der Waals surface area contributed by atoms with Crippen molar-refractivity contribution in [3.63, 3.8) is 0 Å². The monoisotopic (exact) mass is 360 g/mol. The molecular formula is C18H14Cl2N2O2. The molecule has 0 fully saturated rings. The molecule has 0 unspecified atom stereocenters. The van der Waals surface area contributed by atoms with E-state index in [2.05, 4.69) is 5.32 Å². The normalized spacial score (nSPS) is 10.9. The van der Waals surface area contributed by atoms with Gasteiger partial charge in [0.1, 0.15) is 17.4 Å². The van der Waals surface area contributed by atoms with E-state index in [0.717, 1.165) is 16.9 Å². The minimum absolute atomic E-state index is 0.0226. The quantitative estimate of drug-likeness (QED) is 0.625. The molecule has 1 N–H and O–H groups in total. The molecule has 2 rings (SSSR count). The lowest BCUT2D eigenvalue weighted by Crippen LogP contribution is -2.13. The van der Waals surface area contributed by atoms with Crippen molar-refractivity contribution in [2.45, 2.75) is 6.92 Å². The number of amides is 1. The van der Waals surface area contributed by atoms with Gasteiger partial charge >= 0.3 is 0 Å². The number of hydrogen-bond acceptors (Lipinski definition) is 3. The summed E-state index contributed by atoms with van der Waals surface area (Å²) in [5.41, 5.74) is 2.08. The van der Waals surface area contributed by atoms with Gasteiger partial charge in [-0.2, -0.15) is 5.26 Å². The molecule has 0 heterocycles. The lowest BCUT2D eigenvalue weighted by molar-refractivity contribution is -0.112. The maximum atomic E-state index is 12.2. The second-order valence-corrected chi connectivity index (χ2v) is 5.80. The molecule has 2 aromatic rings. The Balaban J connectivity index is 2.23. The van der Waals surface area contributed by atoms with Gasteiger partial charge in [-0.1, -0.05) is 29.3 Å². The van der Waals surface area contributed by atoms with Crippen LogP contribution in [-0.2, 0) is 4.79 Å². The number of carbonyl (C=O) groups excluding carboxylic acids is 1. The van der Waals surface area contributed by atoms with Gasteiger partial charge in [0.15, 0.2) is 0 Å². The van der Waals surface area contributed by atoms with Crippen LogP contribution in [0.2, 0.25) is 10.0 Å². The maximum Gasteiger partial charge on any atom is 0.266 e. The van der Waals surface area contributed by atoms with Crippen molar-refractivity contribution in [3.8, 4) is 11.8 Å². The lowest BCUT2D eigenvalue weighted by atomic mass is 10.1. The van der Waals surface area contributed by atoms with Crippen LogP contribution in [0.25, 0.3) is 6.08 Å². The zero-order chi connectivity index (χ0) is 17.7. The Morgan fingerprint density at radius 3 is 2.54 bits per heavy atom. The number of carbonyl (C=O) groups is 1. The van der Waals surface area contributed by atoms with Crippen molar-refractivity contribution < 1.29 is 9.53 Å². The molecule has 0 saturated heterocycles. The standard InChI is InChI=1S/C18H14Cl2N2O2/c1-11-7-12(3-6-17(11)24-2)8-13(10-21)18(23)22-14-4-5-15(19)16(20)9-14/h3-9H,1-2H3,(H,22,23)/b13-8+. The molecule has 0 spiro atoms. The summed E-state index contributed by atoms with van der Waals surface area (Å²) in [5.74, 6) is 0.218. The Hall–Kier alpha value is -2.48. The number of nitrogens with zero attached hydrogens (tertiary/aromatic N) is 1. The van der Waals surface area contributed by atoms with Gasteiger partial charge in [-0.25, -0.2) is 0 Å². The van der Waals surface area contributed by atoms with Crippen LogP contribution in [0.15, 0.2) is 42.0 Å². The molecule has 0 aromatic heterocycles. The van der Waals surface area contributed by atoms with Crippen molar-refractivity contribution in [3.05, 3.63) is 63.1 Å². The summed E-state index contributed by atoms with van der Waals surface area (Å²) < 4.78 is 5.19. The van der Waals surface area contributed by atoms with Crippen molar-refractivity contribution in [1.82, 2.24) is 0 Å². The molecule has 6 heteroatoms. The third-order valence-electron chi connectivity index (χ3n) is 3.27. The second kappa shape index (κ2) is 7.87. The van der Waals surface area contributed by atoms with Crippen LogP contribution in [0.5, 0.6) is 5.75 Å². The van der Waals surface area contributed by atoms with E-state index in [9.17, 15) is 10.1 Å². The second-order valence-electron chi connectivity index (χ2n) is 4.98. The molecule has 2 aromatic carbocycles. The molecule has 0 saturated carbocycles. The molecule has 4 nitrogen and oxygen atoms in total. The van der Waals surface area contributed by atoms with Crippen LogP contribution in [0.1, 0.15) is 11.1 Å². The molecule has 0 bridgehead atoms. The average Bonchev–Trinajstić information content (AvgIpc) is 2.56. The number of rotatable bonds is 4. The Labute approximate surface area is 150 Å². The highest BCUT2D eigenvalue weighted by molar-refractivity contribution is 6.42. The smallest absolute Gasteiger partial charge is 0.266 e. The zero-order valence-electron chi connectivity index (χ0n) is 13.1. The van der Waals surface area contributed by atoms with Gasteiger partial charge < -0.3 is 10.1 Å². The Morgan fingerprint density at radius 1 is 1.21 bits per heavy atom. The van der Waals surface area contributed by atoms with Gasteiger partial charge in [-0.15, -0.1) is 0 Å². The Bertz CT molecular complexity index is 855. The fourth-order valence-electron chi connectivity index (χ4n) is 2.08. The molecule has 1 amide bonds. The number of benzene rings is 2. The predicted octanol–water partition coefficient (Wildman–Crippen LogP) is 4.86. The highest BCUT2D eigenvalue weighted by atomic mass is 35.5. The molecule has 0 aliphatic rings. The summed E-state index contributed by atoms with van der Waals surface area (Å²) in [6.45, 7) is 1.89. The zero-order valence-corrected chi connectivity index (χ0v) is 14.6. The van der Waals surface area contributed by atoms with Crippen molar-refractivity contribution in [1.29, 1.82) is 5.26 Å². The first-order valence-electron chi connectivity index (χ1n) is 6.97. The molecule has 0 aliphatic carbocycles. The summed E-state index contributed by atoms with van der Waals surface area (Å²) >= 11 is 11.7. The van der Waals surface area contributed by atoms with Gasteiger partial charge in [0.25, 0.3) is 5.91 Å². The van der Waals surface area contributed by atoms with Gasteiger partial charge in [0, 0.05) is 5.69 Å². The highest BCUT2D eigenvalue weighted by Crippen LogP contribution is 2.25. The molecule has 0 radical (unpaired) electrons. The van der Waals surface area contributed by atoms with E-state index in [1.807, 2.05) is 19.1 Å². The fraction of sp³-hybridized carbons (Fsp3) is 0.111. The summed E-state index contributed by atoms with van der Waals surface area (Å²) in [6.07, 6.45) is 1.51. The van der Waals surface area contributed by atoms with E-state index in [1.54, 1.807) is 31.4 Å². The van der Waals surface area contributed by atoms with Crippen LogP contribution >= 0.6 is 23.2 Å². The lowest BCUT2D eigenvalue weighted by Gasteiger charge is -2.07. The summed E-state index contributed by atoms with van der Waals surface area (Å²) in [7, 11) is 1.59. The Kier molecular flexibility index (Phi) is 5.86. The SMILES string of the molecule is COc1ccc(/C=C(\C#N)C(=O)Nc2ccc(Cl)c(Cl)c2)cc1C. The van der Waals surface area contributed by atoms with Crippen LogP contribution in [0.3, 0.4) is 0 Å². The number of halogens is 2. The first-order valence-corrected chi connectivity index (χ1v) is 7.73. The number of anilines is 1. The third-order valence-corrected chi connectivity index (χ3v) is 4.01. The number of hydrogen-bond donors (Lipinski definition) is 1. The number of nitrogens with one attached hydrogen (secondary N) is 1. The molecule has 0 aliphatic heterocycles. The van der Waals surface area contributed by atoms with E-state index >= 15 is 0 Å². The Morgan fingerprint density at radius 2 is 1.96 bits per heavy atom. The van der Waals surface area contributed by atoms with Gasteiger partial charge in [0.2, 0.25) is 0 Å². The van der Waals surface area contributed by atoms with E-state index in [0.29, 0.717) is 15.7 Å². The van der Waals surface area contributed by atoms with Gasteiger partial charge in [0.05, 0.1) is 17.2 Å². The molecule has 122 valence electrons.